The Morgan fingerprint density at radius 1 is 0.971 bits per heavy atom. The molecule has 3 aromatic rings. The van der Waals surface area contributed by atoms with Gasteiger partial charge in [0.1, 0.15) is 17.1 Å². The molecule has 4 amide bonds. The van der Waals surface area contributed by atoms with Gasteiger partial charge in [-0.1, -0.05) is 48.5 Å². The van der Waals surface area contributed by atoms with E-state index in [1.54, 1.807) is 67.6 Å². The molecular formula is C27H23FN2O4. The predicted molar refractivity (Wildman–Crippen MR) is 127 cm³/mol. The van der Waals surface area contributed by atoms with Gasteiger partial charge in [0.15, 0.2) is 0 Å². The average molecular weight is 458 g/mol. The number of aryl methyl sites for hydroxylation is 1. The number of carbonyl (C=O) groups excluding carboxylic acids is 3. The summed E-state index contributed by atoms with van der Waals surface area (Å²) in [6.07, 6.45) is 1.75. The maximum Gasteiger partial charge on any atom is 0.335 e. The molecule has 0 unspecified atom stereocenters. The molecule has 0 atom stereocenters. The van der Waals surface area contributed by atoms with Crippen LogP contribution in [0.4, 0.5) is 14.9 Å². The Morgan fingerprint density at radius 3 is 2.44 bits per heavy atom. The number of barbiturate groups is 1. The third-order valence-corrected chi connectivity index (χ3v) is 5.50. The van der Waals surface area contributed by atoms with Crippen LogP contribution in [0.5, 0.6) is 5.75 Å². The molecule has 1 aliphatic rings. The number of hydrogen-bond acceptors (Lipinski definition) is 4. The van der Waals surface area contributed by atoms with Gasteiger partial charge in [-0.25, -0.2) is 14.1 Å². The SMILES string of the molecule is CCOc1cc(/C=C2\C(=O)NC(=O)N(c3ccccc3C)C2=O)ccc1Cc1ccccc1F. The van der Waals surface area contributed by atoms with E-state index in [0.29, 0.717) is 35.6 Å². The molecule has 172 valence electrons. The van der Waals surface area contributed by atoms with E-state index in [2.05, 4.69) is 5.32 Å². The molecular weight excluding hydrogens is 435 g/mol. The number of anilines is 1. The summed E-state index contributed by atoms with van der Waals surface area (Å²) in [5, 5.41) is 2.23. The summed E-state index contributed by atoms with van der Waals surface area (Å²) in [4.78, 5) is 39.1. The molecule has 4 rings (SSSR count). The number of nitrogens with one attached hydrogen (secondary N) is 1. The first-order chi connectivity index (χ1) is 16.4. The molecule has 34 heavy (non-hydrogen) atoms. The fraction of sp³-hybridized carbons (Fsp3) is 0.148. The van der Waals surface area contributed by atoms with Crippen molar-refractivity contribution in [3.63, 3.8) is 0 Å². The number of urea groups is 1. The lowest BCUT2D eigenvalue weighted by Gasteiger charge is -2.27. The van der Waals surface area contributed by atoms with Crippen molar-refractivity contribution in [2.24, 2.45) is 0 Å². The van der Waals surface area contributed by atoms with Gasteiger partial charge in [-0.3, -0.25) is 14.9 Å². The minimum atomic E-state index is -0.795. The van der Waals surface area contributed by atoms with Crippen molar-refractivity contribution in [2.45, 2.75) is 20.3 Å². The van der Waals surface area contributed by atoms with Crippen LogP contribution < -0.4 is 15.0 Å². The second-order valence-electron chi connectivity index (χ2n) is 7.81. The number of amides is 4. The summed E-state index contributed by atoms with van der Waals surface area (Å²) < 4.78 is 19.9. The summed E-state index contributed by atoms with van der Waals surface area (Å²) in [6, 6.07) is 17.9. The number of nitrogens with zero attached hydrogens (tertiary/aromatic N) is 1. The summed E-state index contributed by atoms with van der Waals surface area (Å²) >= 11 is 0. The van der Waals surface area contributed by atoms with Gasteiger partial charge < -0.3 is 4.74 Å². The topological polar surface area (TPSA) is 75.7 Å². The van der Waals surface area contributed by atoms with Crippen molar-refractivity contribution in [2.75, 3.05) is 11.5 Å². The van der Waals surface area contributed by atoms with Gasteiger partial charge in [0.2, 0.25) is 0 Å². The molecule has 1 aliphatic heterocycles. The van der Waals surface area contributed by atoms with Gasteiger partial charge in [-0.2, -0.15) is 0 Å². The van der Waals surface area contributed by atoms with E-state index in [4.69, 9.17) is 4.74 Å². The van der Waals surface area contributed by atoms with Crippen LogP contribution >= 0.6 is 0 Å². The second kappa shape index (κ2) is 9.70. The third-order valence-electron chi connectivity index (χ3n) is 5.50. The number of ether oxygens (including phenoxy) is 1. The maximum absolute atomic E-state index is 14.1. The summed E-state index contributed by atoms with van der Waals surface area (Å²) in [5.74, 6) is -1.26. The van der Waals surface area contributed by atoms with Crippen LogP contribution in [0.1, 0.15) is 29.2 Å². The van der Waals surface area contributed by atoms with Crippen LogP contribution in [0, 0.1) is 12.7 Å². The monoisotopic (exact) mass is 458 g/mol. The van der Waals surface area contributed by atoms with Crippen molar-refractivity contribution >= 4 is 29.6 Å². The maximum atomic E-state index is 14.1. The van der Waals surface area contributed by atoms with Crippen LogP contribution in [0.3, 0.4) is 0 Å². The quantitative estimate of drug-likeness (QED) is 0.426. The van der Waals surface area contributed by atoms with E-state index in [1.165, 1.54) is 12.1 Å². The molecule has 0 aliphatic carbocycles. The van der Waals surface area contributed by atoms with E-state index in [9.17, 15) is 18.8 Å². The Kier molecular flexibility index (Phi) is 6.54. The molecule has 1 heterocycles. The first-order valence-corrected chi connectivity index (χ1v) is 10.8. The standard InChI is InChI=1S/C27H23FN2O4/c1-3-34-24-15-18(12-13-20(24)16-19-9-5-6-10-22(19)28)14-21-25(31)29-27(33)30(26(21)32)23-11-7-4-8-17(23)2/h4-15H,3,16H2,1-2H3,(H,29,31,33)/b21-14+. The lowest BCUT2D eigenvalue weighted by Crippen LogP contribution is -2.54. The van der Waals surface area contributed by atoms with Crippen molar-refractivity contribution in [1.82, 2.24) is 5.32 Å². The van der Waals surface area contributed by atoms with Crippen molar-refractivity contribution in [1.29, 1.82) is 0 Å². The zero-order chi connectivity index (χ0) is 24.2. The number of rotatable bonds is 6. The molecule has 0 radical (unpaired) electrons. The Hall–Kier alpha value is -4.26. The van der Waals surface area contributed by atoms with Gasteiger partial charge in [-0.05, 0) is 60.4 Å². The number of hydrogen-bond donors (Lipinski definition) is 1. The van der Waals surface area contributed by atoms with Crippen LogP contribution in [0.25, 0.3) is 6.08 Å². The molecule has 1 saturated heterocycles. The van der Waals surface area contributed by atoms with Gasteiger partial charge in [0.25, 0.3) is 11.8 Å². The highest BCUT2D eigenvalue weighted by molar-refractivity contribution is 6.39. The van der Waals surface area contributed by atoms with Gasteiger partial charge in [0, 0.05) is 6.42 Å². The number of para-hydroxylation sites is 1. The average Bonchev–Trinajstić information content (AvgIpc) is 2.81. The van der Waals surface area contributed by atoms with Gasteiger partial charge in [-0.15, -0.1) is 0 Å². The lowest BCUT2D eigenvalue weighted by molar-refractivity contribution is -0.122. The van der Waals surface area contributed by atoms with Crippen molar-refractivity contribution in [3.8, 4) is 5.75 Å². The van der Waals surface area contributed by atoms with Gasteiger partial charge in [0.05, 0.1) is 12.3 Å². The fourth-order valence-electron chi connectivity index (χ4n) is 3.80. The van der Waals surface area contributed by atoms with E-state index in [-0.39, 0.29) is 11.4 Å². The Labute approximate surface area is 196 Å². The largest absolute Gasteiger partial charge is 0.494 e. The lowest BCUT2D eigenvalue weighted by atomic mass is 10.00. The molecule has 1 fully saturated rings. The normalized spacial score (nSPS) is 15.0. The van der Waals surface area contributed by atoms with Gasteiger partial charge >= 0.3 is 6.03 Å². The summed E-state index contributed by atoms with van der Waals surface area (Å²) in [7, 11) is 0. The number of carbonyl (C=O) groups is 3. The molecule has 1 N–H and O–H groups in total. The Bertz CT molecular complexity index is 1320. The molecule has 6 nitrogen and oxygen atoms in total. The number of benzene rings is 3. The molecule has 7 heteroatoms. The highest BCUT2D eigenvalue weighted by Gasteiger charge is 2.37. The highest BCUT2D eigenvalue weighted by atomic mass is 19.1. The van der Waals surface area contributed by atoms with Crippen molar-refractivity contribution < 1.29 is 23.5 Å². The smallest absolute Gasteiger partial charge is 0.335 e. The predicted octanol–water partition coefficient (Wildman–Crippen LogP) is 4.79. The van der Waals surface area contributed by atoms with Crippen LogP contribution in [0.15, 0.2) is 72.3 Å². The second-order valence-corrected chi connectivity index (χ2v) is 7.81. The third kappa shape index (κ3) is 4.59. The van der Waals surface area contributed by atoms with Crippen LogP contribution in [-0.2, 0) is 16.0 Å². The molecule has 0 saturated carbocycles. The van der Waals surface area contributed by atoms with Crippen LogP contribution in [0.2, 0.25) is 0 Å². The molecule has 3 aromatic carbocycles. The van der Waals surface area contributed by atoms with E-state index >= 15 is 0 Å². The minimum Gasteiger partial charge on any atom is -0.494 e. The van der Waals surface area contributed by atoms with Crippen LogP contribution in [-0.4, -0.2) is 24.5 Å². The Morgan fingerprint density at radius 2 is 1.71 bits per heavy atom. The fourth-order valence-corrected chi connectivity index (χ4v) is 3.80. The zero-order valence-electron chi connectivity index (χ0n) is 18.8. The minimum absolute atomic E-state index is 0.174. The molecule has 0 spiro atoms. The number of imide groups is 2. The molecule has 0 bridgehead atoms. The first kappa shape index (κ1) is 22.9. The Balaban J connectivity index is 1.69. The van der Waals surface area contributed by atoms with E-state index < -0.39 is 17.8 Å². The van der Waals surface area contributed by atoms with Crippen molar-refractivity contribution in [3.05, 3.63) is 100 Å². The molecule has 0 aromatic heterocycles. The van der Waals surface area contributed by atoms with E-state index in [1.807, 2.05) is 6.92 Å². The first-order valence-electron chi connectivity index (χ1n) is 10.8. The zero-order valence-corrected chi connectivity index (χ0v) is 18.8. The summed E-state index contributed by atoms with van der Waals surface area (Å²) in [6.45, 7) is 4.00. The number of halogens is 1. The summed E-state index contributed by atoms with van der Waals surface area (Å²) in [5.41, 5.74) is 2.79. The van der Waals surface area contributed by atoms with E-state index in [0.717, 1.165) is 16.0 Å². The highest BCUT2D eigenvalue weighted by Crippen LogP contribution is 2.28.